The predicted octanol–water partition coefficient (Wildman–Crippen LogP) is 4.20. The van der Waals surface area contributed by atoms with E-state index in [9.17, 15) is 0 Å². The van der Waals surface area contributed by atoms with E-state index in [4.69, 9.17) is 9.05 Å². The summed E-state index contributed by atoms with van der Waals surface area (Å²) in [6.07, 6.45) is 8.51. The van der Waals surface area contributed by atoms with Gasteiger partial charge in [0.25, 0.3) is 8.53 Å². The van der Waals surface area contributed by atoms with Gasteiger partial charge >= 0.3 is 0 Å². The highest BCUT2D eigenvalue weighted by molar-refractivity contribution is 7.45. The Morgan fingerprint density at radius 1 is 0.938 bits per heavy atom. The van der Waals surface area contributed by atoms with Gasteiger partial charge in [-0.05, 0) is 25.0 Å². The van der Waals surface area contributed by atoms with Gasteiger partial charge in [-0.3, -0.25) is 4.34 Å². The number of unbranched alkanes of at least 4 members (excludes halogenated alkanes) is 2. The molecule has 0 unspecified atom stereocenters. The maximum atomic E-state index is 5.78. The third kappa shape index (κ3) is 5.11. The molecule has 1 aromatic heterocycles. The van der Waals surface area contributed by atoms with Crippen molar-refractivity contribution >= 4 is 8.53 Å². The molecule has 0 bridgehead atoms. The molecule has 3 nitrogen and oxygen atoms in total. The van der Waals surface area contributed by atoms with Gasteiger partial charge in [-0.2, -0.15) is 0 Å². The van der Waals surface area contributed by atoms with Crippen molar-refractivity contribution in [1.82, 2.24) is 4.34 Å². The summed E-state index contributed by atoms with van der Waals surface area (Å²) in [5, 5.41) is 0. The topological polar surface area (TPSA) is 23.4 Å². The van der Waals surface area contributed by atoms with E-state index in [1.54, 1.807) is 0 Å². The third-order valence-corrected chi connectivity index (χ3v) is 3.63. The van der Waals surface area contributed by atoms with Crippen LogP contribution in [0.1, 0.15) is 39.5 Å². The Bertz CT molecular complexity index is 242. The van der Waals surface area contributed by atoms with Gasteiger partial charge in [-0.15, -0.1) is 0 Å². The van der Waals surface area contributed by atoms with E-state index in [2.05, 4.69) is 13.8 Å². The molecule has 0 N–H and O–H groups in total. The highest BCUT2D eigenvalue weighted by Gasteiger charge is 2.11. The standard InChI is InChI=1S/C12H22NO2P/c1-3-5-11-14-16(15-12-6-4-2)13-9-7-8-10-13/h7-10H,3-6,11-12H2,1-2H3. The number of hydrogen-bond donors (Lipinski definition) is 0. The fourth-order valence-electron chi connectivity index (χ4n) is 1.18. The number of nitrogens with zero attached hydrogens (tertiary/aromatic N) is 1. The summed E-state index contributed by atoms with van der Waals surface area (Å²) < 4.78 is 13.6. The first-order valence-electron chi connectivity index (χ1n) is 6.07. The zero-order chi connectivity index (χ0) is 11.6. The Labute approximate surface area is 99.7 Å². The zero-order valence-electron chi connectivity index (χ0n) is 10.3. The lowest BCUT2D eigenvalue weighted by atomic mass is 10.4. The lowest BCUT2D eigenvalue weighted by molar-refractivity contribution is 0.237. The molecule has 0 atom stereocenters. The highest BCUT2D eigenvalue weighted by Crippen LogP contribution is 2.40. The Balaban J connectivity index is 2.36. The van der Waals surface area contributed by atoms with Crippen LogP contribution < -0.4 is 0 Å². The van der Waals surface area contributed by atoms with Crippen LogP contribution in [0.2, 0.25) is 0 Å². The zero-order valence-corrected chi connectivity index (χ0v) is 11.2. The van der Waals surface area contributed by atoms with E-state index in [1.807, 2.05) is 28.9 Å². The second-order valence-electron chi connectivity index (χ2n) is 3.67. The summed E-state index contributed by atoms with van der Waals surface area (Å²) in [4.78, 5) is 0. The van der Waals surface area contributed by atoms with E-state index in [0.29, 0.717) is 0 Å². The third-order valence-electron chi connectivity index (χ3n) is 2.18. The molecule has 4 heteroatoms. The molecule has 0 fully saturated rings. The summed E-state index contributed by atoms with van der Waals surface area (Å²) in [5.41, 5.74) is 0. The number of rotatable bonds is 9. The van der Waals surface area contributed by atoms with Gasteiger partial charge in [0.15, 0.2) is 0 Å². The smallest absolute Gasteiger partial charge is 0.293 e. The molecule has 0 aliphatic carbocycles. The molecule has 0 saturated heterocycles. The molecule has 0 saturated carbocycles. The molecule has 0 spiro atoms. The van der Waals surface area contributed by atoms with Crippen LogP contribution in [0, 0.1) is 0 Å². The summed E-state index contributed by atoms with van der Waals surface area (Å²) in [7, 11) is -0.925. The van der Waals surface area contributed by atoms with E-state index in [1.165, 1.54) is 0 Å². The molecular weight excluding hydrogens is 221 g/mol. The Morgan fingerprint density at radius 2 is 1.44 bits per heavy atom. The van der Waals surface area contributed by atoms with Crippen LogP contribution in [-0.4, -0.2) is 17.6 Å². The van der Waals surface area contributed by atoms with Gasteiger partial charge < -0.3 is 9.05 Å². The van der Waals surface area contributed by atoms with Crippen LogP contribution in [0.4, 0.5) is 0 Å². The quantitative estimate of drug-likeness (QED) is 0.479. The van der Waals surface area contributed by atoms with Gasteiger partial charge in [0.1, 0.15) is 0 Å². The van der Waals surface area contributed by atoms with Crippen molar-refractivity contribution in [2.45, 2.75) is 39.5 Å². The van der Waals surface area contributed by atoms with Crippen molar-refractivity contribution in [3.8, 4) is 0 Å². The van der Waals surface area contributed by atoms with Crippen LogP contribution in [-0.2, 0) is 9.05 Å². The first-order valence-corrected chi connectivity index (χ1v) is 7.20. The largest absolute Gasteiger partial charge is 0.317 e. The van der Waals surface area contributed by atoms with Gasteiger partial charge in [-0.25, -0.2) is 0 Å². The monoisotopic (exact) mass is 243 g/mol. The van der Waals surface area contributed by atoms with Crippen LogP contribution >= 0.6 is 8.53 Å². The van der Waals surface area contributed by atoms with Crippen LogP contribution in [0.15, 0.2) is 24.5 Å². The first-order chi connectivity index (χ1) is 7.88. The summed E-state index contributed by atoms with van der Waals surface area (Å²) >= 11 is 0. The Hall–Kier alpha value is -0.370. The molecule has 92 valence electrons. The molecule has 0 aromatic carbocycles. The summed E-state index contributed by atoms with van der Waals surface area (Å²) in [5.74, 6) is 0. The minimum absolute atomic E-state index is 0.784. The van der Waals surface area contributed by atoms with Crippen molar-refractivity contribution in [3.63, 3.8) is 0 Å². The summed E-state index contributed by atoms with van der Waals surface area (Å²) in [6.45, 7) is 5.90. The average molecular weight is 243 g/mol. The van der Waals surface area contributed by atoms with E-state index >= 15 is 0 Å². The van der Waals surface area contributed by atoms with Gasteiger partial charge in [0, 0.05) is 12.4 Å². The number of hydrogen-bond acceptors (Lipinski definition) is 2. The van der Waals surface area contributed by atoms with Crippen molar-refractivity contribution < 1.29 is 9.05 Å². The maximum absolute atomic E-state index is 5.78. The van der Waals surface area contributed by atoms with Crippen molar-refractivity contribution in [1.29, 1.82) is 0 Å². The molecule has 16 heavy (non-hydrogen) atoms. The summed E-state index contributed by atoms with van der Waals surface area (Å²) in [6, 6.07) is 4.00. The average Bonchev–Trinajstić information content (AvgIpc) is 2.81. The van der Waals surface area contributed by atoms with E-state index in [-0.39, 0.29) is 0 Å². The second-order valence-corrected chi connectivity index (χ2v) is 5.13. The highest BCUT2D eigenvalue weighted by atomic mass is 31.2. The van der Waals surface area contributed by atoms with Crippen LogP contribution in [0.3, 0.4) is 0 Å². The molecular formula is C12H22NO2P. The molecule has 0 radical (unpaired) electrons. The van der Waals surface area contributed by atoms with E-state index < -0.39 is 8.53 Å². The molecule has 0 aliphatic heterocycles. The van der Waals surface area contributed by atoms with E-state index in [0.717, 1.165) is 38.9 Å². The van der Waals surface area contributed by atoms with Gasteiger partial charge in [0.2, 0.25) is 0 Å². The minimum atomic E-state index is -0.925. The minimum Gasteiger partial charge on any atom is -0.317 e. The molecule has 1 rings (SSSR count). The maximum Gasteiger partial charge on any atom is 0.293 e. The Kier molecular flexibility index (Phi) is 7.48. The fraction of sp³-hybridized carbons (Fsp3) is 0.667. The molecule has 1 aromatic rings. The number of aromatic nitrogens is 1. The normalized spacial score (nSPS) is 11.2. The van der Waals surface area contributed by atoms with Crippen LogP contribution in [0.5, 0.6) is 0 Å². The fourth-order valence-corrected chi connectivity index (χ4v) is 2.46. The van der Waals surface area contributed by atoms with Crippen molar-refractivity contribution in [3.05, 3.63) is 24.5 Å². The molecule has 0 amide bonds. The first kappa shape index (κ1) is 13.7. The van der Waals surface area contributed by atoms with Gasteiger partial charge in [-0.1, -0.05) is 26.7 Å². The molecule has 1 heterocycles. The molecule has 0 aliphatic rings. The second kappa shape index (κ2) is 8.74. The lowest BCUT2D eigenvalue weighted by Crippen LogP contribution is -2.00. The van der Waals surface area contributed by atoms with Crippen LogP contribution in [0.25, 0.3) is 0 Å². The SMILES string of the molecule is CCCCOP(OCCCC)n1cccc1. The van der Waals surface area contributed by atoms with Gasteiger partial charge in [0.05, 0.1) is 13.2 Å². The van der Waals surface area contributed by atoms with Crippen molar-refractivity contribution in [2.75, 3.05) is 13.2 Å². The Morgan fingerprint density at radius 3 is 1.88 bits per heavy atom. The lowest BCUT2D eigenvalue weighted by Gasteiger charge is -2.17. The predicted molar refractivity (Wildman–Crippen MR) is 68.5 cm³/mol. The van der Waals surface area contributed by atoms with Crippen molar-refractivity contribution in [2.24, 2.45) is 0 Å².